The van der Waals surface area contributed by atoms with Crippen molar-refractivity contribution >= 4 is 17.2 Å². The minimum Gasteiger partial charge on any atom is -0.461 e. The number of nitrogens with zero attached hydrogens (tertiary/aromatic N) is 1. The van der Waals surface area contributed by atoms with Crippen molar-refractivity contribution in [1.29, 1.82) is 0 Å². The molecule has 20 heavy (non-hydrogen) atoms. The molecule has 0 spiro atoms. The van der Waals surface area contributed by atoms with Crippen molar-refractivity contribution in [2.45, 2.75) is 13.3 Å². The van der Waals surface area contributed by atoms with E-state index >= 15 is 0 Å². The van der Waals surface area contributed by atoms with Gasteiger partial charge in [-0.3, -0.25) is 0 Å². The van der Waals surface area contributed by atoms with Gasteiger partial charge in [-0.05, 0) is 24.6 Å². The molecule has 0 amide bonds. The summed E-state index contributed by atoms with van der Waals surface area (Å²) in [7, 11) is 2.03. The Balaban J connectivity index is 1.95. The molecular formula is C16H16NO3+. The Morgan fingerprint density at radius 1 is 1.30 bits per heavy atom. The monoisotopic (exact) mass is 270 g/mol. The first kappa shape index (κ1) is 12.7. The molecule has 1 aromatic heterocycles. The summed E-state index contributed by atoms with van der Waals surface area (Å²) >= 11 is 0. The fraction of sp³-hybridized carbons (Fsp3) is 0.250. The molecule has 102 valence electrons. The molecule has 4 heteroatoms. The van der Waals surface area contributed by atoms with Crippen molar-refractivity contribution < 1.29 is 13.7 Å². The third-order valence-corrected chi connectivity index (χ3v) is 3.40. The Morgan fingerprint density at radius 2 is 2.15 bits per heavy atom. The molecule has 1 aliphatic heterocycles. The summed E-state index contributed by atoms with van der Waals surface area (Å²) in [6.45, 7) is 2.84. The summed E-state index contributed by atoms with van der Waals surface area (Å²) in [5.74, 6) is 1.60. The molecule has 0 aliphatic carbocycles. The Kier molecular flexibility index (Phi) is 3.14. The van der Waals surface area contributed by atoms with Gasteiger partial charge in [0, 0.05) is 23.6 Å². The summed E-state index contributed by atoms with van der Waals surface area (Å²) in [6.07, 6.45) is 4.81. The van der Waals surface area contributed by atoms with Crippen molar-refractivity contribution in [3.8, 4) is 5.75 Å². The van der Waals surface area contributed by atoms with Crippen LogP contribution in [0.25, 0.3) is 11.0 Å². The molecule has 0 saturated carbocycles. The molecule has 2 heterocycles. The molecule has 2 aromatic rings. The van der Waals surface area contributed by atoms with Gasteiger partial charge in [-0.25, -0.2) is 9.37 Å². The van der Waals surface area contributed by atoms with E-state index in [1.54, 1.807) is 6.07 Å². The maximum atomic E-state index is 11.4. The first-order valence-corrected chi connectivity index (χ1v) is 6.58. The summed E-state index contributed by atoms with van der Waals surface area (Å²) in [6, 6.07) is 7.08. The maximum absolute atomic E-state index is 11.4. The predicted molar refractivity (Wildman–Crippen MR) is 77.7 cm³/mol. The number of rotatable bonds is 2. The van der Waals surface area contributed by atoms with Gasteiger partial charge in [0.2, 0.25) is 0 Å². The lowest BCUT2D eigenvalue weighted by Crippen LogP contribution is -2.15. The van der Waals surface area contributed by atoms with Gasteiger partial charge in [0.05, 0.1) is 6.42 Å². The van der Waals surface area contributed by atoms with E-state index < -0.39 is 0 Å². The van der Waals surface area contributed by atoms with Crippen molar-refractivity contribution in [2.24, 2.45) is 0 Å². The number of hydrogen-bond donors (Lipinski definition) is 0. The topological polar surface area (TPSA) is 42.4 Å². The van der Waals surface area contributed by atoms with Crippen molar-refractivity contribution in [3.05, 3.63) is 52.1 Å². The highest BCUT2D eigenvalue weighted by atomic mass is 16.5. The minimum atomic E-state index is -0.334. The van der Waals surface area contributed by atoms with E-state index in [4.69, 9.17) is 9.15 Å². The number of fused-ring (bicyclic) bond motifs is 1. The van der Waals surface area contributed by atoms with Gasteiger partial charge in [-0.2, -0.15) is 0 Å². The average Bonchev–Trinajstić information content (AvgIpc) is 2.41. The molecule has 0 atom stereocenters. The lowest BCUT2D eigenvalue weighted by atomic mass is 10.1. The third kappa shape index (κ3) is 2.50. The van der Waals surface area contributed by atoms with Crippen LogP contribution in [0, 0.1) is 6.92 Å². The van der Waals surface area contributed by atoms with Crippen LogP contribution in [0.2, 0.25) is 0 Å². The molecule has 0 radical (unpaired) electrons. The molecule has 1 aromatic carbocycles. The summed E-state index contributed by atoms with van der Waals surface area (Å²) in [4.78, 5) is 11.4. The molecular weight excluding hydrogens is 254 g/mol. The van der Waals surface area contributed by atoms with Crippen LogP contribution in [0.5, 0.6) is 5.75 Å². The largest absolute Gasteiger partial charge is 0.461 e. The van der Waals surface area contributed by atoms with Gasteiger partial charge < -0.3 is 9.15 Å². The first-order valence-electron chi connectivity index (χ1n) is 6.58. The number of benzene rings is 1. The average molecular weight is 270 g/mol. The second kappa shape index (κ2) is 4.96. The van der Waals surface area contributed by atoms with Crippen LogP contribution in [-0.4, -0.2) is 24.4 Å². The van der Waals surface area contributed by atoms with Gasteiger partial charge in [0.1, 0.15) is 30.7 Å². The van der Waals surface area contributed by atoms with E-state index in [1.807, 2.05) is 38.4 Å². The second-order valence-corrected chi connectivity index (χ2v) is 5.02. The zero-order valence-corrected chi connectivity index (χ0v) is 11.6. The van der Waals surface area contributed by atoms with Crippen LogP contribution in [-0.2, 0) is 0 Å². The molecule has 1 aliphatic rings. The van der Waals surface area contributed by atoms with Crippen molar-refractivity contribution in [1.82, 2.24) is 0 Å². The van der Waals surface area contributed by atoms with Gasteiger partial charge in [-0.15, -0.1) is 0 Å². The molecule has 0 saturated heterocycles. The summed E-state index contributed by atoms with van der Waals surface area (Å²) in [5, 5.41) is 0.931. The Labute approximate surface area is 116 Å². The van der Waals surface area contributed by atoms with Crippen LogP contribution in [0.3, 0.4) is 0 Å². The third-order valence-electron chi connectivity index (χ3n) is 3.40. The first-order chi connectivity index (χ1) is 9.61. The Morgan fingerprint density at radius 3 is 2.90 bits per heavy atom. The van der Waals surface area contributed by atoms with E-state index in [0.29, 0.717) is 11.3 Å². The number of ether oxygens (including phenoxy) is 1. The van der Waals surface area contributed by atoms with E-state index in [9.17, 15) is 4.79 Å². The quantitative estimate of drug-likeness (QED) is 0.622. The molecule has 0 unspecified atom stereocenters. The van der Waals surface area contributed by atoms with Gasteiger partial charge >= 0.3 is 5.63 Å². The van der Waals surface area contributed by atoms with Crippen molar-refractivity contribution in [3.63, 3.8) is 0 Å². The molecule has 0 N–H and O–H groups in total. The van der Waals surface area contributed by atoms with Gasteiger partial charge in [-0.1, -0.05) is 0 Å². The van der Waals surface area contributed by atoms with Crippen LogP contribution < -0.4 is 10.4 Å². The fourth-order valence-corrected chi connectivity index (χ4v) is 2.26. The standard InChI is InChI=1S/C16H16NO3/c1-11-9-16(18)20-15-10-13(3-4-14(11)15)19-12-5-7-17(2)8-6-12/h3-5,7,9-10H,6,8H2,1-2H3/q+1. The van der Waals surface area contributed by atoms with Gasteiger partial charge in [0.15, 0.2) is 6.21 Å². The lowest BCUT2D eigenvalue weighted by Gasteiger charge is -2.11. The molecule has 0 bridgehead atoms. The highest BCUT2D eigenvalue weighted by Gasteiger charge is 2.11. The SMILES string of the molecule is Cc1cc(=O)oc2cc(OC3=CC=[N+](C)CC3)ccc12. The van der Waals surface area contributed by atoms with Crippen LogP contribution in [0.4, 0.5) is 0 Å². The minimum absolute atomic E-state index is 0.334. The Hall–Kier alpha value is -2.36. The van der Waals surface area contributed by atoms with E-state index in [1.165, 1.54) is 6.07 Å². The number of hydrogen-bond acceptors (Lipinski definition) is 3. The van der Waals surface area contributed by atoms with Crippen molar-refractivity contribution in [2.75, 3.05) is 13.6 Å². The van der Waals surface area contributed by atoms with E-state index in [-0.39, 0.29) is 5.63 Å². The second-order valence-electron chi connectivity index (χ2n) is 5.02. The van der Waals surface area contributed by atoms with E-state index in [0.717, 1.165) is 29.7 Å². The Bertz CT molecular complexity index is 784. The molecule has 3 rings (SSSR count). The predicted octanol–water partition coefficient (Wildman–Crippen LogP) is 2.48. The highest BCUT2D eigenvalue weighted by molar-refractivity contribution is 5.81. The highest BCUT2D eigenvalue weighted by Crippen LogP contribution is 2.24. The maximum Gasteiger partial charge on any atom is 0.336 e. The molecule has 4 nitrogen and oxygen atoms in total. The fourth-order valence-electron chi connectivity index (χ4n) is 2.26. The van der Waals surface area contributed by atoms with E-state index in [2.05, 4.69) is 4.58 Å². The molecule has 0 fully saturated rings. The smallest absolute Gasteiger partial charge is 0.336 e. The lowest BCUT2D eigenvalue weighted by molar-refractivity contribution is -0.493. The summed E-state index contributed by atoms with van der Waals surface area (Å²) < 4.78 is 13.2. The number of aryl methyl sites for hydroxylation is 1. The normalized spacial score (nSPS) is 14.9. The zero-order chi connectivity index (χ0) is 14.1. The summed E-state index contributed by atoms with van der Waals surface area (Å²) in [5.41, 5.74) is 1.14. The van der Waals surface area contributed by atoms with Crippen LogP contribution >= 0.6 is 0 Å². The van der Waals surface area contributed by atoms with Crippen LogP contribution in [0.15, 0.2) is 45.3 Å². The van der Waals surface area contributed by atoms with Crippen LogP contribution in [0.1, 0.15) is 12.0 Å². The number of allylic oxidation sites excluding steroid dienone is 1. The zero-order valence-electron chi connectivity index (χ0n) is 11.6. The van der Waals surface area contributed by atoms with Gasteiger partial charge in [0.25, 0.3) is 0 Å².